The van der Waals surface area contributed by atoms with Crippen molar-refractivity contribution in [3.63, 3.8) is 0 Å². The molecule has 106 valence electrons. The van der Waals surface area contributed by atoms with Gasteiger partial charge in [-0.1, -0.05) is 38.1 Å². The number of nitrogens with two attached hydrogens (primary N) is 1. The summed E-state index contributed by atoms with van der Waals surface area (Å²) in [5, 5.41) is 0. The number of nitrogens with zero attached hydrogens (tertiary/aromatic N) is 1. The molecule has 0 fully saturated rings. The van der Waals surface area contributed by atoms with Crippen LogP contribution in [-0.2, 0) is 12.8 Å². The van der Waals surface area contributed by atoms with E-state index in [4.69, 9.17) is 5.84 Å². The number of hydrazine groups is 1. The van der Waals surface area contributed by atoms with Gasteiger partial charge in [0.2, 0.25) is 0 Å². The summed E-state index contributed by atoms with van der Waals surface area (Å²) in [6, 6.07) is 13.1. The van der Waals surface area contributed by atoms with E-state index in [2.05, 4.69) is 48.5 Å². The van der Waals surface area contributed by atoms with Crippen LogP contribution in [0.1, 0.15) is 36.5 Å². The highest BCUT2D eigenvalue weighted by Gasteiger charge is 2.09. The van der Waals surface area contributed by atoms with Crippen LogP contribution < -0.4 is 11.3 Å². The summed E-state index contributed by atoms with van der Waals surface area (Å²) in [6.07, 6.45) is 5.48. The Labute approximate surface area is 121 Å². The van der Waals surface area contributed by atoms with Crippen LogP contribution in [0.2, 0.25) is 0 Å². The summed E-state index contributed by atoms with van der Waals surface area (Å²) < 4.78 is 0. The molecule has 0 aliphatic rings. The molecule has 3 heteroatoms. The maximum atomic E-state index is 5.68. The summed E-state index contributed by atoms with van der Waals surface area (Å²) in [7, 11) is 0. The molecule has 1 atom stereocenters. The van der Waals surface area contributed by atoms with Crippen LogP contribution in [0.15, 0.2) is 48.8 Å². The van der Waals surface area contributed by atoms with E-state index in [1.807, 2.05) is 24.5 Å². The normalized spacial score (nSPS) is 12.6. The molecular weight excluding hydrogens is 246 g/mol. The molecule has 2 aromatic rings. The van der Waals surface area contributed by atoms with Gasteiger partial charge >= 0.3 is 0 Å². The second-order valence-corrected chi connectivity index (χ2v) is 5.52. The summed E-state index contributed by atoms with van der Waals surface area (Å²) in [4.78, 5) is 4.04. The van der Waals surface area contributed by atoms with Crippen LogP contribution in [0, 0.1) is 0 Å². The summed E-state index contributed by atoms with van der Waals surface area (Å²) in [5.41, 5.74) is 6.85. The molecule has 1 heterocycles. The Morgan fingerprint density at radius 3 is 2.00 bits per heavy atom. The van der Waals surface area contributed by atoms with Crippen molar-refractivity contribution in [3.8, 4) is 0 Å². The lowest BCUT2D eigenvalue weighted by Crippen LogP contribution is -2.38. The predicted octanol–water partition coefficient (Wildman–Crippen LogP) is 2.82. The summed E-state index contributed by atoms with van der Waals surface area (Å²) in [6.45, 7) is 4.42. The highest BCUT2D eigenvalue weighted by atomic mass is 15.2. The molecule has 20 heavy (non-hydrogen) atoms. The second kappa shape index (κ2) is 7.17. The Morgan fingerprint density at radius 1 is 0.950 bits per heavy atom. The number of benzene rings is 1. The van der Waals surface area contributed by atoms with Gasteiger partial charge in [-0.25, -0.2) is 0 Å². The minimum absolute atomic E-state index is 0.238. The molecular formula is C17H23N3. The quantitative estimate of drug-likeness (QED) is 0.626. The molecule has 3 nitrogen and oxygen atoms in total. The van der Waals surface area contributed by atoms with Crippen molar-refractivity contribution in [1.29, 1.82) is 0 Å². The van der Waals surface area contributed by atoms with E-state index in [0.29, 0.717) is 5.92 Å². The number of hydrogen-bond donors (Lipinski definition) is 2. The molecule has 0 radical (unpaired) electrons. The second-order valence-electron chi connectivity index (χ2n) is 5.52. The zero-order valence-corrected chi connectivity index (χ0v) is 12.2. The van der Waals surface area contributed by atoms with E-state index in [1.165, 1.54) is 16.7 Å². The lowest BCUT2D eigenvalue weighted by molar-refractivity contribution is 0.522. The van der Waals surface area contributed by atoms with E-state index in [-0.39, 0.29) is 6.04 Å². The van der Waals surface area contributed by atoms with Gasteiger partial charge in [0.15, 0.2) is 0 Å². The fraction of sp³-hybridized carbons (Fsp3) is 0.353. The smallest absolute Gasteiger partial charge is 0.0291 e. The predicted molar refractivity (Wildman–Crippen MR) is 83.3 cm³/mol. The number of pyridine rings is 1. The summed E-state index contributed by atoms with van der Waals surface area (Å²) >= 11 is 0. The van der Waals surface area contributed by atoms with Crippen molar-refractivity contribution in [1.82, 2.24) is 10.4 Å². The van der Waals surface area contributed by atoms with Crippen LogP contribution in [0.5, 0.6) is 0 Å². The third kappa shape index (κ3) is 4.15. The minimum Gasteiger partial charge on any atom is -0.271 e. The average Bonchev–Trinajstić information content (AvgIpc) is 2.48. The van der Waals surface area contributed by atoms with Crippen molar-refractivity contribution in [2.75, 3.05) is 0 Å². The Morgan fingerprint density at radius 2 is 1.50 bits per heavy atom. The number of nitrogens with one attached hydrogen (secondary N) is 1. The van der Waals surface area contributed by atoms with Gasteiger partial charge in [0, 0.05) is 18.4 Å². The van der Waals surface area contributed by atoms with Gasteiger partial charge in [-0.05, 0) is 47.6 Å². The molecule has 3 N–H and O–H groups in total. The average molecular weight is 269 g/mol. The first-order valence-corrected chi connectivity index (χ1v) is 7.13. The van der Waals surface area contributed by atoms with Gasteiger partial charge in [0.05, 0.1) is 0 Å². The van der Waals surface area contributed by atoms with Gasteiger partial charge in [-0.15, -0.1) is 0 Å². The zero-order chi connectivity index (χ0) is 14.4. The SMILES string of the molecule is CC(C)c1ccc(CC(Cc2ccncc2)NN)cc1. The lowest BCUT2D eigenvalue weighted by atomic mass is 9.97. The van der Waals surface area contributed by atoms with Crippen molar-refractivity contribution in [3.05, 3.63) is 65.5 Å². The lowest BCUT2D eigenvalue weighted by Gasteiger charge is -2.16. The molecule has 0 aliphatic carbocycles. The molecule has 0 amide bonds. The first-order chi connectivity index (χ1) is 9.69. The molecule has 0 saturated carbocycles. The molecule has 1 aromatic carbocycles. The van der Waals surface area contributed by atoms with Crippen LogP contribution in [0.3, 0.4) is 0 Å². The van der Waals surface area contributed by atoms with Crippen molar-refractivity contribution >= 4 is 0 Å². The highest BCUT2D eigenvalue weighted by Crippen LogP contribution is 2.16. The molecule has 1 aromatic heterocycles. The Bertz CT molecular complexity index is 506. The number of hydrogen-bond acceptors (Lipinski definition) is 3. The van der Waals surface area contributed by atoms with Gasteiger partial charge in [0.25, 0.3) is 0 Å². The monoisotopic (exact) mass is 269 g/mol. The molecule has 1 unspecified atom stereocenters. The van der Waals surface area contributed by atoms with Gasteiger partial charge in [-0.2, -0.15) is 0 Å². The number of aromatic nitrogens is 1. The maximum Gasteiger partial charge on any atom is 0.0291 e. The Hall–Kier alpha value is -1.71. The third-order valence-electron chi connectivity index (χ3n) is 3.60. The van der Waals surface area contributed by atoms with Crippen molar-refractivity contribution in [2.24, 2.45) is 5.84 Å². The summed E-state index contributed by atoms with van der Waals surface area (Å²) in [5.74, 6) is 6.25. The zero-order valence-electron chi connectivity index (χ0n) is 12.2. The maximum absolute atomic E-state index is 5.68. The van der Waals surface area contributed by atoms with Crippen LogP contribution in [0.25, 0.3) is 0 Å². The van der Waals surface area contributed by atoms with E-state index in [9.17, 15) is 0 Å². The molecule has 0 spiro atoms. The van der Waals surface area contributed by atoms with Crippen LogP contribution in [0.4, 0.5) is 0 Å². The fourth-order valence-electron chi connectivity index (χ4n) is 2.32. The van der Waals surface area contributed by atoms with E-state index < -0.39 is 0 Å². The minimum atomic E-state index is 0.238. The van der Waals surface area contributed by atoms with Crippen LogP contribution in [-0.4, -0.2) is 11.0 Å². The largest absolute Gasteiger partial charge is 0.271 e. The van der Waals surface area contributed by atoms with Gasteiger partial charge < -0.3 is 0 Å². The first kappa shape index (κ1) is 14.7. The van der Waals surface area contributed by atoms with Crippen molar-refractivity contribution in [2.45, 2.75) is 38.6 Å². The van der Waals surface area contributed by atoms with E-state index in [0.717, 1.165) is 12.8 Å². The molecule has 2 rings (SSSR count). The number of rotatable bonds is 6. The molecule has 0 aliphatic heterocycles. The van der Waals surface area contributed by atoms with Crippen LogP contribution >= 0.6 is 0 Å². The van der Waals surface area contributed by atoms with Gasteiger partial charge in [-0.3, -0.25) is 16.3 Å². The molecule has 0 saturated heterocycles. The van der Waals surface area contributed by atoms with E-state index in [1.54, 1.807) is 0 Å². The van der Waals surface area contributed by atoms with Gasteiger partial charge in [0.1, 0.15) is 0 Å². The Balaban J connectivity index is 1.99. The van der Waals surface area contributed by atoms with E-state index >= 15 is 0 Å². The highest BCUT2D eigenvalue weighted by molar-refractivity contribution is 5.25. The molecule has 0 bridgehead atoms. The standard InChI is InChI=1S/C17H23N3/c1-13(2)16-5-3-14(4-6-16)11-17(20-18)12-15-7-9-19-10-8-15/h3-10,13,17,20H,11-12,18H2,1-2H3. The first-order valence-electron chi connectivity index (χ1n) is 7.13. The topological polar surface area (TPSA) is 50.9 Å². The van der Waals surface area contributed by atoms with Crippen molar-refractivity contribution < 1.29 is 0 Å². The Kier molecular flexibility index (Phi) is 5.27. The third-order valence-corrected chi connectivity index (χ3v) is 3.60. The fourth-order valence-corrected chi connectivity index (χ4v) is 2.32.